The molecule has 0 fully saturated rings. The van der Waals surface area contributed by atoms with Crippen molar-refractivity contribution in [2.45, 2.75) is 19.9 Å². The summed E-state index contributed by atoms with van der Waals surface area (Å²) in [7, 11) is 0. The third kappa shape index (κ3) is 4.47. The molecule has 112 valence electrons. The van der Waals surface area contributed by atoms with Crippen LogP contribution in [0.15, 0.2) is 12.1 Å². The molecule has 2 rings (SSSR count). The summed E-state index contributed by atoms with van der Waals surface area (Å²) >= 11 is 8.16. The van der Waals surface area contributed by atoms with E-state index in [1.807, 2.05) is 23.9 Å². The smallest absolute Gasteiger partial charge is 0.179 e. The molecule has 1 aromatic carbocycles. The van der Waals surface area contributed by atoms with Gasteiger partial charge in [0, 0.05) is 13.0 Å². The Balaban J connectivity index is 1.95. The van der Waals surface area contributed by atoms with E-state index in [9.17, 15) is 0 Å². The average Bonchev–Trinajstić information content (AvgIpc) is 2.64. The molecule has 0 saturated heterocycles. The summed E-state index contributed by atoms with van der Waals surface area (Å²) in [6.07, 6.45) is 3.03. The molecule has 1 heterocycles. The van der Waals surface area contributed by atoms with E-state index in [0.717, 1.165) is 30.8 Å². The zero-order valence-electron chi connectivity index (χ0n) is 12.1. The van der Waals surface area contributed by atoms with Gasteiger partial charge < -0.3 is 14.8 Å². The van der Waals surface area contributed by atoms with Crippen molar-refractivity contribution in [2.24, 2.45) is 5.92 Å². The highest BCUT2D eigenvalue weighted by molar-refractivity contribution is 7.98. The van der Waals surface area contributed by atoms with E-state index in [4.69, 9.17) is 21.1 Å². The fourth-order valence-corrected chi connectivity index (χ4v) is 3.17. The van der Waals surface area contributed by atoms with Crippen molar-refractivity contribution in [1.29, 1.82) is 0 Å². The van der Waals surface area contributed by atoms with Gasteiger partial charge in [-0.05, 0) is 42.2 Å². The van der Waals surface area contributed by atoms with Gasteiger partial charge in [-0.15, -0.1) is 0 Å². The Morgan fingerprint density at radius 3 is 2.95 bits per heavy atom. The maximum atomic E-state index is 6.27. The first-order valence-corrected chi connectivity index (χ1v) is 8.75. The summed E-state index contributed by atoms with van der Waals surface area (Å²) < 4.78 is 11.3. The molecule has 0 aromatic heterocycles. The number of benzene rings is 1. The lowest BCUT2D eigenvalue weighted by Gasteiger charge is -2.14. The van der Waals surface area contributed by atoms with Crippen LogP contribution in [0.3, 0.4) is 0 Å². The number of hydrogen-bond donors (Lipinski definition) is 1. The minimum atomic E-state index is 0.637. The highest BCUT2D eigenvalue weighted by Crippen LogP contribution is 2.37. The van der Waals surface area contributed by atoms with Gasteiger partial charge in [0.05, 0.1) is 18.2 Å². The lowest BCUT2D eigenvalue weighted by atomic mass is 10.1. The van der Waals surface area contributed by atoms with Gasteiger partial charge in [0.25, 0.3) is 0 Å². The Bertz CT molecular complexity index is 442. The highest BCUT2D eigenvalue weighted by atomic mass is 35.5. The Kier molecular flexibility index (Phi) is 6.33. The van der Waals surface area contributed by atoms with Gasteiger partial charge >= 0.3 is 0 Å². The van der Waals surface area contributed by atoms with Crippen molar-refractivity contribution in [3.8, 4) is 11.5 Å². The van der Waals surface area contributed by atoms with E-state index in [0.29, 0.717) is 29.9 Å². The van der Waals surface area contributed by atoms with Crippen LogP contribution in [-0.4, -0.2) is 31.8 Å². The van der Waals surface area contributed by atoms with E-state index in [1.54, 1.807) is 0 Å². The molecule has 0 radical (unpaired) electrons. The first-order valence-electron chi connectivity index (χ1n) is 6.98. The van der Waals surface area contributed by atoms with Gasteiger partial charge in [0.1, 0.15) is 0 Å². The second-order valence-corrected chi connectivity index (χ2v) is 6.46. The summed E-state index contributed by atoms with van der Waals surface area (Å²) in [6, 6.07) is 3.99. The number of rotatable bonds is 6. The van der Waals surface area contributed by atoms with Crippen molar-refractivity contribution in [1.82, 2.24) is 5.32 Å². The molecule has 0 bridgehead atoms. The molecule has 0 aliphatic carbocycles. The lowest BCUT2D eigenvalue weighted by molar-refractivity contribution is 0.297. The largest absolute Gasteiger partial charge is 0.489 e. The molecule has 1 aliphatic rings. The Labute approximate surface area is 130 Å². The van der Waals surface area contributed by atoms with Gasteiger partial charge in [-0.25, -0.2) is 0 Å². The molecule has 0 saturated carbocycles. The normalized spacial score (nSPS) is 15.8. The summed E-state index contributed by atoms with van der Waals surface area (Å²) in [5.74, 6) is 3.29. The van der Waals surface area contributed by atoms with Crippen LogP contribution >= 0.6 is 23.4 Å². The van der Waals surface area contributed by atoms with Gasteiger partial charge in [0.15, 0.2) is 11.5 Å². The van der Waals surface area contributed by atoms with Crippen LogP contribution in [0.5, 0.6) is 11.5 Å². The number of hydrogen-bond acceptors (Lipinski definition) is 4. The maximum Gasteiger partial charge on any atom is 0.179 e. The molecule has 1 unspecified atom stereocenters. The number of nitrogens with one attached hydrogen (secondary N) is 1. The molecule has 5 heteroatoms. The number of halogens is 1. The summed E-state index contributed by atoms with van der Waals surface area (Å²) in [4.78, 5) is 0. The van der Waals surface area contributed by atoms with Crippen molar-refractivity contribution in [3.05, 3.63) is 22.7 Å². The zero-order valence-corrected chi connectivity index (χ0v) is 13.6. The van der Waals surface area contributed by atoms with E-state index in [2.05, 4.69) is 18.5 Å². The standard InChI is InChI=1S/C15H22ClNO2S/c1-11(10-20-2)8-17-9-12-6-13(16)15-14(7-12)18-4-3-5-19-15/h6-7,11,17H,3-5,8-10H2,1-2H3. The molecule has 1 N–H and O–H groups in total. The quantitative estimate of drug-likeness (QED) is 0.869. The zero-order chi connectivity index (χ0) is 14.4. The minimum Gasteiger partial charge on any atom is -0.489 e. The SMILES string of the molecule is CSCC(C)CNCc1cc(Cl)c2c(c1)OCCCO2. The molecule has 0 amide bonds. The van der Waals surface area contributed by atoms with E-state index < -0.39 is 0 Å². The van der Waals surface area contributed by atoms with Crippen LogP contribution in [0.2, 0.25) is 5.02 Å². The van der Waals surface area contributed by atoms with Crippen LogP contribution in [0.25, 0.3) is 0 Å². The number of fused-ring (bicyclic) bond motifs is 1. The fourth-order valence-electron chi connectivity index (χ4n) is 2.19. The van der Waals surface area contributed by atoms with Crippen molar-refractivity contribution < 1.29 is 9.47 Å². The van der Waals surface area contributed by atoms with Gasteiger partial charge in [0.2, 0.25) is 0 Å². The second-order valence-electron chi connectivity index (χ2n) is 5.15. The van der Waals surface area contributed by atoms with Crippen molar-refractivity contribution in [2.75, 3.05) is 31.8 Å². The van der Waals surface area contributed by atoms with Crippen LogP contribution in [-0.2, 0) is 6.54 Å². The summed E-state index contributed by atoms with van der Waals surface area (Å²) in [6.45, 7) is 5.41. The summed E-state index contributed by atoms with van der Waals surface area (Å²) in [5.41, 5.74) is 1.13. The molecule has 1 aliphatic heterocycles. The van der Waals surface area contributed by atoms with E-state index in [1.165, 1.54) is 5.75 Å². The Morgan fingerprint density at radius 1 is 1.35 bits per heavy atom. The molecule has 0 spiro atoms. The maximum absolute atomic E-state index is 6.27. The topological polar surface area (TPSA) is 30.5 Å². The third-order valence-electron chi connectivity index (χ3n) is 3.14. The van der Waals surface area contributed by atoms with Crippen molar-refractivity contribution in [3.63, 3.8) is 0 Å². The van der Waals surface area contributed by atoms with Gasteiger partial charge in [-0.2, -0.15) is 11.8 Å². The van der Waals surface area contributed by atoms with E-state index >= 15 is 0 Å². The Hall–Kier alpha value is -0.580. The molecular weight excluding hydrogens is 294 g/mol. The number of ether oxygens (including phenoxy) is 2. The minimum absolute atomic E-state index is 0.637. The molecule has 1 aromatic rings. The van der Waals surface area contributed by atoms with Crippen LogP contribution < -0.4 is 14.8 Å². The van der Waals surface area contributed by atoms with Gasteiger partial charge in [-0.3, -0.25) is 0 Å². The molecule has 3 nitrogen and oxygen atoms in total. The predicted octanol–water partition coefficient (Wildman–Crippen LogP) is 3.59. The summed E-state index contributed by atoms with van der Waals surface area (Å²) in [5, 5.41) is 4.10. The van der Waals surface area contributed by atoms with Gasteiger partial charge in [-0.1, -0.05) is 18.5 Å². The first-order chi connectivity index (χ1) is 9.70. The third-order valence-corrected chi connectivity index (χ3v) is 4.32. The predicted molar refractivity (Wildman–Crippen MR) is 86.3 cm³/mol. The second kappa shape index (κ2) is 8.01. The first kappa shape index (κ1) is 15.8. The number of thioether (sulfide) groups is 1. The van der Waals surface area contributed by atoms with Crippen LogP contribution in [0.1, 0.15) is 18.9 Å². The Morgan fingerprint density at radius 2 is 2.15 bits per heavy atom. The van der Waals surface area contributed by atoms with E-state index in [-0.39, 0.29) is 0 Å². The lowest BCUT2D eigenvalue weighted by Crippen LogP contribution is -2.22. The van der Waals surface area contributed by atoms with Crippen LogP contribution in [0, 0.1) is 5.92 Å². The monoisotopic (exact) mass is 315 g/mol. The van der Waals surface area contributed by atoms with Crippen molar-refractivity contribution >= 4 is 23.4 Å². The van der Waals surface area contributed by atoms with Crippen LogP contribution in [0.4, 0.5) is 0 Å². The molecule has 1 atom stereocenters. The molecule has 20 heavy (non-hydrogen) atoms. The fraction of sp³-hybridized carbons (Fsp3) is 0.600. The highest BCUT2D eigenvalue weighted by Gasteiger charge is 2.15. The molecular formula is C15H22ClNO2S. The average molecular weight is 316 g/mol.